The molecule has 1 heterocycles. The van der Waals surface area contributed by atoms with Gasteiger partial charge in [0.05, 0.1) is 0 Å². The highest BCUT2D eigenvalue weighted by Gasteiger charge is 2.21. The van der Waals surface area contributed by atoms with E-state index in [1.807, 2.05) is 12.4 Å². The third-order valence-corrected chi connectivity index (χ3v) is 3.58. The number of hydrogen-bond acceptors (Lipinski definition) is 1. The number of nitrogens with one attached hydrogen (secondary N) is 1. The second kappa shape index (κ2) is 6.39. The third-order valence-electron chi connectivity index (χ3n) is 3.15. The largest absolute Gasteiger partial charge is 0.349 e. The topological polar surface area (TPSA) is 28.7 Å². The molecule has 1 fully saturated rings. The van der Waals surface area contributed by atoms with Crippen LogP contribution in [0, 0.1) is 11.8 Å². The van der Waals surface area contributed by atoms with E-state index < -0.39 is 0 Å². The number of H-pyrrole nitrogens is 1. The molecule has 0 bridgehead atoms. The lowest BCUT2D eigenvalue weighted by molar-refractivity contribution is 0.281. The fraction of sp³-hybridized carbons (Fsp3) is 0.727. The number of hydrogen-bond donors (Lipinski definition) is 1. The summed E-state index contributed by atoms with van der Waals surface area (Å²) in [4.78, 5) is 7.45. The molecule has 86 valence electrons. The van der Waals surface area contributed by atoms with E-state index >= 15 is 0 Å². The molecule has 2 atom stereocenters. The highest BCUT2D eigenvalue weighted by molar-refractivity contribution is 6.18. The molecule has 0 amide bonds. The lowest BCUT2D eigenvalue weighted by atomic mass is 9.80. The summed E-state index contributed by atoms with van der Waals surface area (Å²) in [5.74, 6) is 3.49. The Balaban J connectivity index is 0.00000112. The molecule has 1 aliphatic carbocycles. The molecule has 1 aromatic rings. The number of rotatable bonds is 3. The van der Waals surface area contributed by atoms with Gasteiger partial charge in [0.15, 0.2) is 0 Å². The summed E-state index contributed by atoms with van der Waals surface area (Å²) < 4.78 is 0. The van der Waals surface area contributed by atoms with Gasteiger partial charge in [0.25, 0.3) is 0 Å². The number of imidazole rings is 1. The summed E-state index contributed by atoms with van der Waals surface area (Å²) >= 11 is 5.90. The van der Waals surface area contributed by atoms with Crippen LogP contribution in [0.3, 0.4) is 0 Å². The molecular formula is C11H18Cl2N2. The second-order valence-corrected chi connectivity index (χ2v) is 4.60. The summed E-state index contributed by atoms with van der Waals surface area (Å²) in [5, 5.41) is 0. The first-order chi connectivity index (χ1) is 6.88. The SMILES string of the molecule is Cl.ClCC1CCCC(Cc2ncc[nH]2)C1. The normalized spacial score (nSPS) is 25.9. The summed E-state index contributed by atoms with van der Waals surface area (Å²) in [6.07, 6.45) is 10.1. The van der Waals surface area contributed by atoms with Crippen LogP contribution in [0.5, 0.6) is 0 Å². The molecule has 0 spiro atoms. The second-order valence-electron chi connectivity index (χ2n) is 4.29. The Kier molecular flexibility index (Phi) is 5.48. The van der Waals surface area contributed by atoms with Gasteiger partial charge in [-0.2, -0.15) is 0 Å². The van der Waals surface area contributed by atoms with E-state index in [1.165, 1.54) is 25.7 Å². The van der Waals surface area contributed by atoms with E-state index in [0.29, 0.717) is 0 Å². The van der Waals surface area contributed by atoms with Gasteiger partial charge < -0.3 is 4.98 Å². The van der Waals surface area contributed by atoms with Crippen LogP contribution in [0.4, 0.5) is 0 Å². The van der Waals surface area contributed by atoms with Crippen molar-refractivity contribution in [2.45, 2.75) is 32.1 Å². The van der Waals surface area contributed by atoms with Crippen LogP contribution in [0.15, 0.2) is 12.4 Å². The molecular weight excluding hydrogens is 231 g/mol. The van der Waals surface area contributed by atoms with Crippen LogP contribution >= 0.6 is 24.0 Å². The fourth-order valence-corrected chi connectivity index (χ4v) is 2.69. The van der Waals surface area contributed by atoms with Crippen molar-refractivity contribution in [3.8, 4) is 0 Å². The van der Waals surface area contributed by atoms with Crippen molar-refractivity contribution in [1.82, 2.24) is 9.97 Å². The minimum Gasteiger partial charge on any atom is -0.349 e. The van der Waals surface area contributed by atoms with Gasteiger partial charge in [0.2, 0.25) is 0 Å². The average molecular weight is 249 g/mol. The predicted molar refractivity (Wildman–Crippen MR) is 65.7 cm³/mol. The third kappa shape index (κ3) is 3.69. The number of nitrogens with zero attached hydrogens (tertiary/aromatic N) is 1. The highest BCUT2D eigenvalue weighted by Crippen LogP contribution is 2.31. The quantitative estimate of drug-likeness (QED) is 0.817. The Hall–Kier alpha value is -0.210. The minimum atomic E-state index is 0. The summed E-state index contributed by atoms with van der Waals surface area (Å²) in [7, 11) is 0. The van der Waals surface area contributed by atoms with Gasteiger partial charge in [-0.15, -0.1) is 24.0 Å². The van der Waals surface area contributed by atoms with Gasteiger partial charge in [0.1, 0.15) is 5.82 Å². The molecule has 2 nitrogen and oxygen atoms in total. The molecule has 1 aliphatic rings. The first kappa shape index (κ1) is 12.9. The lowest BCUT2D eigenvalue weighted by Crippen LogP contribution is -2.18. The Morgan fingerprint density at radius 2 is 2.20 bits per heavy atom. The van der Waals surface area contributed by atoms with Crippen LogP contribution in [0.25, 0.3) is 0 Å². The number of halogens is 2. The van der Waals surface area contributed by atoms with Crippen molar-refractivity contribution in [1.29, 1.82) is 0 Å². The minimum absolute atomic E-state index is 0. The van der Waals surface area contributed by atoms with Crippen molar-refractivity contribution >= 4 is 24.0 Å². The van der Waals surface area contributed by atoms with E-state index in [9.17, 15) is 0 Å². The smallest absolute Gasteiger partial charge is 0.106 e. The first-order valence-corrected chi connectivity index (χ1v) is 5.96. The average Bonchev–Trinajstić information content (AvgIpc) is 2.71. The molecule has 1 N–H and O–H groups in total. The van der Waals surface area contributed by atoms with Gasteiger partial charge >= 0.3 is 0 Å². The lowest BCUT2D eigenvalue weighted by Gasteiger charge is -2.27. The zero-order chi connectivity index (χ0) is 9.80. The summed E-state index contributed by atoms with van der Waals surface area (Å²) in [6, 6.07) is 0. The monoisotopic (exact) mass is 248 g/mol. The van der Waals surface area contributed by atoms with Gasteiger partial charge in [-0.1, -0.05) is 6.42 Å². The molecule has 1 saturated carbocycles. The molecule has 4 heteroatoms. The molecule has 1 aromatic heterocycles. The standard InChI is InChI=1S/C11H17ClN2.ClH/c12-8-10-3-1-2-9(6-10)7-11-13-4-5-14-11;/h4-5,9-10H,1-3,6-8H2,(H,13,14);1H. The van der Waals surface area contributed by atoms with Gasteiger partial charge in [-0.25, -0.2) is 4.98 Å². The predicted octanol–water partition coefficient (Wildman–Crippen LogP) is 3.42. The van der Waals surface area contributed by atoms with Crippen molar-refractivity contribution < 1.29 is 0 Å². The van der Waals surface area contributed by atoms with Crippen molar-refractivity contribution in [3.63, 3.8) is 0 Å². The van der Waals surface area contributed by atoms with Gasteiger partial charge in [0, 0.05) is 24.7 Å². The highest BCUT2D eigenvalue weighted by atomic mass is 35.5. The number of alkyl halides is 1. The zero-order valence-corrected chi connectivity index (χ0v) is 10.4. The Labute approximate surface area is 102 Å². The van der Waals surface area contributed by atoms with E-state index in [4.69, 9.17) is 11.6 Å². The van der Waals surface area contributed by atoms with E-state index in [2.05, 4.69) is 9.97 Å². The van der Waals surface area contributed by atoms with Crippen molar-refractivity contribution in [2.24, 2.45) is 11.8 Å². The Morgan fingerprint density at radius 1 is 1.40 bits per heavy atom. The van der Waals surface area contributed by atoms with Gasteiger partial charge in [-0.05, 0) is 31.1 Å². The molecule has 0 radical (unpaired) electrons. The Bertz CT molecular complexity index is 262. The fourth-order valence-electron chi connectivity index (χ4n) is 2.41. The van der Waals surface area contributed by atoms with E-state index in [0.717, 1.165) is 30.0 Å². The van der Waals surface area contributed by atoms with E-state index in [1.54, 1.807) is 0 Å². The van der Waals surface area contributed by atoms with Crippen LogP contribution < -0.4 is 0 Å². The number of aromatic nitrogens is 2. The Morgan fingerprint density at radius 3 is 2.87 bits per heavy atom. The zero-order valence-electron chi connectivity index (χ0n) is 8.79. The van der Waals surface area contributed by atoms with Crippen LogP contribution in [-0.2, 0) is 6.42 Å². The molecule has 2 unspecified atom stereocenters. The van der Waals surface area contributed by atoms with Crippen LogP contribution in [0.2, 0.25) is 0 Å². The maximum atomic E-state index is 5.90. The maximum absolute atomic E-state index is 5.90. The maximum Gasteiger partial charge on any atom is 0.106 e. The van der Waals surface area contributed by atoms with E-state index in [-0.39, 0.29) is 12.4 Å². The van der Waals surface area contributed by atoms with Gasteiger partial charge in [-0.3, -0.25) is 0 Å². The molecule has 0 saturated heterocycles. The van der Waals surface area contributed by atoms with Crippen molar-refractivity contribution in [3.05, 3.63) is 18.2 Å². The van der Waals surface area contributed by atoms with Crippen LogP contribution in [-0.4, -0.2) is 15.8 Å². The molecule has 0 aliphatic heterocycles. The molecule has 15 heavy (non-hydrogen) atoms. The first-order valence-electron chi connectivity index (χ1n) is 5.42. The van der Waals surface area contributed by atoms with Crippen LogP contribution in [0.1, 0.15) is 31.5 Å². The molecule has 2 rings (SSSR count). The summed E-state index contributed by atoms with van der Waals surface area (Å²) in [5.41, 5.74) is 0. The number of aromatic amines is 1. The van der Waals surface area contributed by atoms with Crippen molar-refractivity contribution in [2.75, 3.05) is 5.88 Å². The summed E-state index contributed by atoms with van der Waals surface area (Å²) in [6.45, 7) is 0. The molecule has 0 aromatic carbocycles.